The highest BCUT2D eigenvalue weighted by Crippen LogP contribution is 2.22. The largest absolute Gasteiger partial charge is 0.399 e. The van der Waals surface area contributed by atoms with Gasteiger partial charge in [-0.05, 0) is 48.6 Å². The van der Waals surface area contributed by atoms with Gasteiger partial charge in [-0.25, -0.2) is 0 Å². The lowest BCUT2D eigenvalue weighted by molar-refractivity contribution is -0.116. The smallest absolute Gasteiger partial charge is 0.224 e. The first-order chi connectivity index (χ1) is 10.1. The lowest BCUT2D eigenvalue weighted by atomic mass is 10.2. The van der Waals surface area contributed by atoms with Crippen molar-refractivity contribution in [1.29, 1.82) is 0 Å². The number of rotatable bonds is 6. The Labute approximate surface area is 133 Å². The Hall–Kier alpha value is -1.65. The molecule has 0 aliphatic carbocycles. The number of hydrogen-bond acceptors (Lipinski definition) is 3. The summed E-state index contributed by atoms with van der Waals surface area (Å²) in [7, 11) is 0. The van der Waals surface area contributed by atoms with Crippen LogP contribution in [-0.4, -0.2) is 11.7 Å². The fourth-order valence-corrected chi connectivity index (χ4v) is 2.98. The van der Waals surface area contributed by atoms with E-state index in [1.54, 1.807) is 23.9 Å². The van der Waals surface area contributed by atoms with E-state index in [2.05, 4.69) is 5.32 Å². The van der Waals surface area contributed by atoms with Gasteiger partial charge < -0.3 is 11.1 Å². The summed E-state index contributed by atoms with van der Waals surface area (Å²) in [5, 5.41) is 3.58. The molecule has 0 saturated heterocycles. The molecule has 1 amide bonds. The predicted octanol–water partition coefficient (Wildman–Crippen LogP) is 4.43. The summed E-state index contributed by atoms with van der Waals surface area (Å²) in [5.74, 6) is 0.886. The average Bonchev–Trinajstić information content (AvgIpc) is 2.44. The normalized spacial score (nSPS) is 10.3. The Bertz CT molecular complexity index is 619. The molecule has 0 bridgehead atoms. The molecular weight excluding hydrogens is 304 g/mol. The van der Waals surface area contributed by atoms with Crippen LogP contribution in [0.15, 0.2) is 53.4 Å². The molecule has 0 fully saturated rings. The van der Waals surface area contributed by atoms with Crippen molar-refractivity contribution in [2.24, 2.45) is 0 Å². The van der Waals surface area contributed by atoms with E-state index in [1.165, 1.54) is 0 Å². The van der Waals surface area contributed by atoms with Crippen LogP contribution in [0.5, 0.6) is 0 Å². The lowest BCUT2D eigenvalue weighted by Gasteiger charge is -2.06. The second-order valence-electron chi connectivity index (χ2n) is 4.58. The summed E-state index contributed by atoms with van der Waals surface area (Å²) in [5.41, 5.74) is 7.05. The van der Waals surface area contributed by atoms with Crippen LogP contribution in [0.3, 0.4) is 0 Å². The maximum Gasteiger partial charge on any atom is 0.224 e. The van der Waals surface area contributed by atoms with E-state index >= 15 is 0 Å². The van der Waals surface area contributed by atoms with Gasteiger partial charge in [0.25, 0.3) is 0 Å². The van der Waals surface area contributed by atoms with Crippen LogP contribution in [0.1, 0.15) is 12.8 Å². The summed E-state index contributed by atoms with van der Waals surface area (Å²) in [6.07, 6.45) is 1.30. The molecule has 0 spiro atoms. The molecule has 0 aromatic heterocycles. The highest BCUT2D eigenvalue weighted by molar-refractivity contribution is 7.99. The monoisotopic (exact) mass is 320 g/mol. The van der Waals surface area contributed by atoms with E-state index in [0.29, 0.717) is 12.1 Å². The molecule has 0 saturated carbocycles. The fraction of sp³-hybridized carbons (Fsp3) is 0.188. The SMILES string of the molecule is Nc1cccc(NC(=O)CCCSc2cccc(Cl)c2)c1. The Morgan fingerprint density at radius 3 is 2.76 bits per heavy atom. The van der Waals surface area contributed by atoms with Gasteiger partial charge in [0.1, 0.15) is 0 Å². The van der Waals surface area contributed by atoms with Gasteiger partial charge in [0.2, 0.25) is 5.91 Å². The number of benzene rings is 2. The summed E-state index contributed by atoms with van der Waals surface area (Å²) < 4.78 is 0. The number of halogens is 1. The van der Waals surface area contributed by atoms with Crippen molar-refractivity contribution in [3.63, 3.8) is 0 Å². The van der Waals surface area contributed by atoms with Crippen molar-refractivity contribution in [3.05, 3.63) is 53.6 Å². The van der Waals surface area contributed by atoms with E-state index in [9.17, 15) is 4.79 Å². The van der Waals surface area contributed by atoms with Gasteiger partial charge in [0, 0.05) is 27.7 Å². The van der Waals surface area contributed by atoms with Gasteiger partial charge >= 0.3 is 0 Å². The first-order valence-electron chi connectivity index (χ1n) is 6.67. The second kappa shape index (κ2) is 7.96. The first kappa shape index (κ1) is 15.7. The molecule has 0 unspecified atom stereocenters. The maximum atomic E-state index is 11.8. The van der Waals surface area contributed by atoms with Crippen molar-refractivity contribution < 1.29 is 4.79 Å². The molecule has 3 N–H and O–H groups in total. The first-order valence-corrected chi connectivity index (χ1v) is 8.03. The van der Waals surface area contributed by atoms with Gasteiger partial charge in [-0.2, -0.15) is 0 Å². The van der Waals surface area contributed by atoms with Gasteiger partial charge in [-0.3, -0.25) is 4.79 Å². The minimum absolute atomic E-state index is 0.00675. The van der Waals surface area contributed by atoms with E-state index in [0.717, 1.165) is 27.8 Å². The number of carbonyl (C=O) groups excluding carboxylic acids is 1. The van der Waals surface area contributed by atoms with E-state index < -0.39 is 0 Å². The number of nitrogen functional groups attached to an aromatic ring is 1. The zero-order valence-corrected chi connectivity index (χ0v) is 13.1. The number of hydrogen-bond donors (Lipinski definition) is 2. The highest BCUT2D eigenvalue weighted by atomic mass is 35.5. The molecular formula is C16H17ClN2OS. The van der Waals surface area contributed by atoms with Gasteiger partial charge in [-0.1, -0.05) is 23.7 Å². The third kappa shape index (κ3) is 5.69. The second-order valence-corrected chi connectivity index (χ2v) is 6.19. The molecule has 0 aliphatic heterocycles. The van der Waals surface area contributed by atoms with Crippen molar-refractivity contribution in [1.82, 2.24) is 0 Å². The van der Waals surface area contributed by atoms with Crippen molar-refractivity contribution in [2.75, 3.05) is 16.8 Å². The molecule has 110 valence electrons. The van der Waals surface area contributed by atoms with Crippen LogP contribution < -0.4 is 11.1 Å². The number of anilines is 2. The number of amides is 1. The van der Waals surface area contributed by atoms with Gasteiger partial charge in [-0.15, -0.1) is 11.8 Å². The molecule has 2 aromatic rings. The van der Waals surface area contributed by atoms with Crippen LogP contribution in [0.4, 0.5) is 11.4 Å². The van der Waals surface area contributed by atoms with Crippen LogP contribution in [0.2, 0.25) is 5.02 Å². The van der Waals surface area contributed by atoms with E-state index in [4.69, 9.17) is 17.3 Å². The van der Waals surface area contributed by atoms with Gasteiger partial charge in [0.15, 0.2) is 0 Å². The van der Waals surface area contributed by atoms with Crippen LogP contribution in [0, 0.1) is 0 Å². The molecule has 0 atom stereocenters. The zero-order chi connectivity index (χ0) is 15.1. The topological polar surface area (TPSA) is 55.1 Å². The third-order valence-corrected chi connectivity index (χ3v) is 4.10. The Kier molecular flexibility index (Phi) is 5.96. The van der Waals surface area contributed by atoms with Crippen molar-refractivity contribution >= 4 is 40.6 Å². The molecule has 21 heavy (non-hydrogen) atoms. The fourth-order valence-electron chi connectivity index (χ4n) is 1.82. The summed E-state index contributed by atoms with van der Waals surface area (Å²) >= 11 is 7.62. The molecule has 0 aliphatic rings. The lowest BCUT2D eigenvalue weighted by Crippen LogP contribution is -2.11. The number of carbonyl (C=O) groups is 1. The number of nitrogens with two attached hydrogens (primary N) is 1. The standard InChI is InChI=1S/C16H17ClN2OS/c17-12-4-1-7-15(10-12)21-9-3-8-16(20)19-14-6-2-5-13(18)11-14/h1-2,4-7,10-11H,3,8-9,18H2,(H,19,20). The quantitative estimate of drug-likeness (QED) is 0.470. The third-order valence-electron chi connectivity index (χ3n) is 2.78. The van der Waals surface area contributed by atoms with Crippen LogP contribution in [-0.2, 0) is 4.79 Å². The van der Waals surface area contributed by atoms with Crippen molar-refractivity contribution in [2.45, 2.75) is 17.7 Å². The Morgan fingerprint density at radius 1 is 1.19 bits per heavy atom. The Balaban J connectivity index is 1.70. The molecule has 0 radical (unpaired) electrons. The number of thioether (sulfide) groups is 1. The predicted molar refractivity (Wildman–Crippen MR) is 90.9 cm³/mol. The minimum atomic E-state index is 0.00675. The molecule has 2 aromatic carbocycles. The number of nitrogens with one attached hydrogen (secondary N) is 1. The van der Waals surface area contributed by atoms with Gasteiger partial charge in [0.05, 0.1) is 0 Å². The molecule has 2 rings (SSSR count). The van der Waals surface area contributed by atoms with Crippen LogP contribution in [0.25, 0.3) is 0 Å². The Morgan fingerprint density at radius 2 is 2.00 bits per heavy atom. The van der Waals surface area contributed by atoms with Crippen molar-refractivity contribution in [3.8, 4) is 0 Å². The van der Waals surface area contributed by atoms with E-state index in [1.807, 2.05) is 36.4 Å². The summed E-state index contributed by atoms with van der Waals surface area (Å²) in [4.78, 5) is 12.9. The summed E-state index contributed by atoms with van der Waals surface area (Å²) in [6.45, 7) is 0. The molecule has 0 heterocycles. The van der Waals surface area contributed by atoms with Crippen LogP contribution >= 0.6 is 23.4 Å². The highest BCUT2D eigenvalue weighted by Gasteiger charge is 2.03. The molecule has 5 heteroatoms. The molecule has 3 nitrogen and oxygen atoms in total. The van der Waals surface area contributed by atoms with E-state index in [-0.39, 0.29) is 5.91 Å². The zero-order valence-electron chi connectivity index (χ0n) is 11.5. The summed E-state index contributed by atoms with van der Waals surface area (Å²) in [6, 6.07) is 14.9. The minimum Gasteiger partial charge on any atom is -0.399 e. The average molecular weight is 321 g/mol. The maximum absolute atomic E-state index is 11.8.